The van der Waals surface area contributed by atoms with Crippen LogP contribution in [-0.2, 0) is 22.4 Å². The van der Waals surface area contributed by atoms with E-state index in [1.807, 2.05) is 50.2 Å². The van der Waals surface area contributed by atoms with Crippen molar-refractivity contribution in [3.63, 3.8) is 0 Å². The summed E-state index contributed by atoms with van der Waals surface area (Å²) in [6.07, 6.45) is 1.37. The minimum absolute atomic E-state index is 0.249. The number of ether oxygens (including phenoxy) is 1. The number of nitrogens with two attached hydrogens (primary N) is 1. The smallest absolute Gasteiger partial charge is 0.410 e. The molecule has 0 saturated heterocycles. The fourth-order valence-electron chi connectivity index (χ4n) is 4.11. The highest BCUT2D eigenvalue weighted by Gasteiger charge is 2.22. The fraction of sp³-hybridized carbons (Fsp3) is 0.300. The van der Waals surface area contributed by atoms with Crippen LogP contribution in [0, 0.1) is 13.8 Å². The molecule has 8 heteroatoms. The molecule has 5 N–H and O–H groups in total. The topological polar surface area (TPSA) is 123 Å². The van der Waals surface area contributed by atoms with Gasteiger partial charge >= 0.3 is 6.09 Å². The molecule has 0 spiro atoms. The summed E-state index contributed by atoms with van der Waals surface area (Å²) in [6.45, 7) is 5.91. The molecule has 0 unspecified atom stereocenters. The predicted molar refractivity (Wildman–Crippen MR) is 149 cm³/mol. The maximum Gasteiger partial charge on any atom is 0.417 e. The van der Waals surface area contributed by atoms with E-state index < -0.39 is 24.1 Å². The first kappa shape index (κ1) is 28.4. The van der Waals surface area contributed by atoms with E-state index in [0.717, 1.165) is 29.5 Å². The summed E-state index contributed by atoms with van der Waals surface area (Å²) in [5.41, 5.74) is 10.6. The van der Waals surface area contributed by atoms with Crippen LogP contribution >= 0.6 is 0 Å². The van der Waals surface area contributed by atoms with Crippen LogP contribution in [0.2, 0.25) is 0 Å². The van der Waals surface area contributed by atoms with E-state index in [1.54, 1.807) is 31.2 Å². The van der Waals surface area contributed by atoms with Crippen LogP contribution in [0.15, 0.2) is 72.8 Å². The number of hydrogen-bond donors (Lipinski definition) is 4. The number of carbonyl (C=O) groups is 3. The van der Waals surface area contributed by atoms with Crippen molar-refractivity contribution in [3.8, 4) is 5.75 Å². The zero-order chi connectivity index (χ0) is 27.5. The van der Waals surface area contributed by atoms with Gasteiger partial charge in [-0.25, -0.2) is 4.79 Å². The monoisotopic (exact) mass is 516 g/mol. The molecule has 0 saturated carbocycles. The third-order valence-electron chi connectivity index (χ3n) is 6.20. The van der Waals surface area contributed by atoms with Gasteiger partial charge in [-0.05, 0) is 86.6 Å². The number of nitrogens with one attached hydrogen (secondary N) is 3. The Bertz CT molecular complexity index is 1210. The molecule has 3 rings (SSSR count). The van der Waals surface area contributed by atoms with Gasteiger partial charge in [-0.15, -0.1) is 0 Å². The summed E-state index contributed by atoms with van der Waals surface area (Å²) in [6, 6.07) is 21.0. The molecule has 0 heterocycles. The molecule has 0 aromatic heterocycles. The number of carbonyl (C=O) groups excluding carboxylic acids is 3. The maximum atomic E-state index is 12.7. The van der Waals surface area contributed by atoms with Gasteiger partial charge in [0.15, 0.2) is 0 Å². The van der Waals surface area contributed by atoms with Gasteiger partial charge in [0.25, 0.3) is 0 Å². The zero-order valence-corrected chi connectivity index (χ0v) is 22.1. The average Bonchev–Trinajstić information content (AvgIpc) is 2.89. The van der Waals surface area contributed by atoms with Crippen molar-refractivity contribution in [1.82, 2.24) is 10.6 Å². The SMILES string of the molecule is Cc1cc(OC(=O)Nc2ccccc2)cc(C)c1C[C@@H](N)C(=O)N[C@H](C)C(=O)NCCCc1ccccc1. The molecule has 0 aliphatic carbocycles. The van der Waals surface area contributed by atoms with Gasteiger partial charge in [0.2, 0.25) is 11.8 Å². The molecule has 38 heavy (non-hydrogen) atoms. The van der Waals surface area contributed by atoms with Gasteiger partial charge in [0.05, 0.1) is 6.04 Å². The Morgan fingerprint density at radius 1 is 0.895 bits per heavy atom. The highest BCUT2D eigenvalue weighted by Crippen LogP contribution is 2.23. The van der Waals surface area contributed by atoms with Crippen LogP contribution < -0.4 is 26.4 Å². The Morgan fingerprint density at radius 3 is 2.13 bits per heavy atom. The van der Waals surface area contributed by atoms with E-state index in [1.165, 1.54) is 5.56 Å². The maximum absolute atomic E-state index is 12.7. The van der Waals surface area contributed by atoms with Crippen molar-refractivity contribution in [1.29, 1.82) is 0 Å². The number of benzene rings is 3. The molecule has 0 bridgehead atoms. The van der Waals surface area contributed by atoms with Crippen LogP contribution in [-0.4, -0.2) is 36.5 Å². The standard InChI is InChI=1S/C30H36N4O4/c1-20-17-25(38-30(37)34-24-14-8-5-9-15-24)18-21(2)26(20)19-27(31)29(36)33-22(3)28(35)32-16-10-13-23-11-6-4-7-12-23/h4-9,11-12,14-15,17-18,22,27H,10,13,16,19,31H2,1-3H3,(H,32,35)(H,33,36)(H,34,37)/t22-,27-/m1/s1. The number of amides is 3. The number of rotatable bonds is 11. The Hall–Kier alpha value is -4.17. The normalized spacial score (nSPS) is 12.2. The number of para-hydroxylation sites is 1. The third kappa shape index (κ3) is 8.74. The summed E-state index contributed by atoms with van der Waals surface area (Å²) < 4.78 is 5.43. The second-order valence-corrected chi connectivity index (χ2v) is 9.34. The lowest BCUT2D eigenvalue weighted by Gasteiger charge is -2.19. The Morgan fingerprint density at radius 2 is 1.50 bits per heavy atom. The highest BCUT2D eigenvalue weighted by molar-refractivity contribution is 5.89. The Kier molecular flexibility index (Phi) is 10.4. The van der Waals surface area contributed by atoms with Crippen molar-refractivity contribution in [2.24, 2.45) is 5.73 Å². The van der Waals surface area contributed by atoms with Gasteiger partial charge in [-0.1, -0.05) is 48.5 Å². The number of hydrogen-bond acceptors (Lipinski definition) is 5. The fourth-order valence-corrected chi connectivity index (χ4v) is 4.11. The zero-order valence-electron chi connectivity index (χ0n) is 22.1. The van der Waals surface area contributed by atoms with Gasteiger partial charge in [-0.2, -0.15) is 0 Å². The summed E-state index contributed by atoms with van der Waals surface area (Å²) in [4.78, 5) is 37.3. The summed E-state index contributed by atoms with van der Waals surface area (Å²) in [5, 5.41) is 8.24. The number of aryl methyl sites for hydroxylation is 3. The Labute approximate surface area is 224 Å². The van der Waals surface area contributed by atoms with E-state index in [4.69, 9.17) is 10.5 Å². The molecule has 3 aromatic carbocycles. The molecule has 3 amide bonds. The van der Waals surface area contributed by atoms with E-state index >= 15 is 0 Å². The van der Waals surface area contributed by atoms with Crippen molar-refractivity contribution >= 4 is 23.6 Å². The first-order valence-corrected chi connectivity index (χ1v) is 12.7. The molecule has 0 fully saturated rings. The van der Waals surface area contributed by atoms with Crippen molar-refractivity contribution in [2.45, 2.75) is 52.1 Å². The second-order valence-electron chi connectivity index (χ2n) is 9.34. The summed E-state index contributed by atoms with van der Waals surface area (Å²) in [5.74, 6) is -0.257. The van der Waals surface area contributed by atoms with Crippen molar-refractivity contribution in [3.05, 3.63) is 95.1 Å². The molecule has 3 aromatic rings. The molecule has 0 radical (unpaired) electrons. The Balaban J connectivity index is 1.47. The summed E-state index contributed by atoms with van der Waals surface area (Å²) in [7, 11) is 0. The van der Waals surface area contributed by atoms with E-state index in [-0.39, 0.29) is 12.3 Å². The minimum Gasteiger partial charge on any atom is -0.410 e. The van der Waals surface area contributed by atoms with Crippen LogP contribution in [0.25, 0.3) is 0 Å². The van der Waals surface area contributed by atoms with E-state index in [9.17, 15) is 14.4 Å². The predicted octanol–water partition coefficient (Wildman–Crippen LogP) is 4.04. The molecule has 2 atom stereocenters. The quantitative estimate of drug-likeness (QED) is 0.287. The second kappa shape index (κ2) is 13.9. The van der Waals surface area contributed by atoms with Gasteiger partial charge < -0.3 is 21.1 Å². The van der Waals surface area contributed by atoms with Crippen LogP contribution in [0.1, 0.15) is 35.6 Å². The van der Waals surface area contributed by atoms with Crippen LogP contribution in [0.5, 0.6) is 5.75 Å². The molecule has 8 nitrogen and oxygen atoms in total. The van der Waals surface area contributed by atoms with Crippen molar-refractivity contribution in [2.75, 3.05) is 11.9 Å². The lowest BCUT2D eigenvalue weighted by atomic mass is 9.96. The molecule has 0 aliphatic rings. The lowest BCUT2D eigenvalue weighted by molar-refractivity contribution is -0.129. The number of anilines is 1. The van der Waals surface area contributed by atoms with Gasteiger partial charge in [0, 0.05) is 12.2 Å². The van der Waals surface area contributed by atoms with Gasteiger partial charge in [0.1, 0.15) is 11.8 Å². The lowest BCUT2D eigenvalue weighted by Crippen LogP contribution is -2.51. The average molecular weight is 517 g/mol. The molecular weight excluding hydrogens is 480 g/mol. The largest absolute Gasteiger partial charge is 0.417 e. The third-order valence-corrected chi connectivity index (χ3v) is 6.20. The van der Waals surface area contributed by atoms with Gasteiger partial charge in [-0.3, -0.25) is 14.9 Å². The molecular formula is C30H36N4O4. The van der Waals surface area contributed by atoms with Crippen molar-refractivity contribution < 1.29 is 19.1 Å². The highest BCUT2D eigenvalue weighted by atomic mass is 16.6. The first-order chi connectivity index (χ1) is 18.2. The van der Waals surface area contributed by atoms with Crippen LogP contribution in [0.4, 0.5) is 10.5 Å². The van der Waals surface area contributed by atoms with Crippen LogP contribution in [0.3, 0.4) is 0 Å². The summed E-state index contributed by atoms with van der Waals surface area (Å²) >= 11 is 0. The first-order valence-electron chi connectivity index (χ1n) is 12.7. The minimum atomic E-state index is -0.839. The molecule has 0 aliphatic heterocycles. The molecule has 200 valence electrons. The van der Waals surface area contributed by atoms with E-state index in [0.29, 0.717) is 18.0 Å². The van der Waals surface area contributed by atoms with E-state index in [2.05, 4.69) is 28.1 Å².